The Morgan fingerprint density at radius 2 is 1.66 bits per heavy atom. The Morgan fingerprint density at radius 1 is 1.00 bits per heavy atom. The minimum absolute atomic E-state index is 0.0834. The molecular formula is C24H22F4N4O2S. The first-order valence-corrected chi connectivity index (χ1v) is 11.7. The first-order chi connectivity index (χ1) is 16.7. The molecule has 0 N–H and O–H groups in total. The molecule has 0 atom stereocenters. The van der Waals surface area contributed by atoms with E-state index in [-0.39, 0.29) is 28.3 Å². The molecule has 0 bridgehead atoms. The van der Waals surface area contributed by atoms with Gasteiger partial charge in [0.1, 0.15) is 17.3 Å². The van der Waals surface area contributed by atoms with Crippen LogP contribution in [-0.4, -0.2) is 59.8 Å². The van der Waals surface area contributed by atoms with Crippen molar-refractivity contribution in [2.24, 2.45) is 0 Å². The summed E-state index contributed by atoms with van der Waals surface area (Å²) in [5.41, 5.74) is 0.388. The predicted octanol–water partition coefficient (Wildman–Crippen LogP) is 4.75. The lowest BCUT2D eigenvalue weighted by Crippen LogP contribution is -2.49. The van der Waals surface area contributed by atoms with Crippen LogP contribution in [0.25, 0.3) is 11.3 Å². The van der Waals surface area contributed by atoms with Crippen LogP contribution in [0.2, 0.25) is 0 Å². The summed E-state index contributed by atoms with van der Waals surface area (Å²) < 4.78 is 58.6. The van der Waals surface area contributed by atoms with Crippen molar-refractivity contribution in [3.05, 3.63) is 66.1 Å². The molecule has 1 fully saturated rings. The van der Waals surface area contributed by atoms with Gasteiger partial charge in [-0.25, -0.2) is 14.4 Å². The third-order valence-electron chi connectivity index (χ3n) is 5.53. The van der Waals surface area contributed by atoms with E-state index >= 15 is 0 Å². The lowest BCUT2D eigenvalue weighted by molar-refractivity contribution is -0.141. The third-order valence-corrected chi connectivity index (χ3v) is 6.36. The number of thioether (sulfide) groups is 1. The number of alkyl halides is 3. The Hall–Kier alpha value is -3.34. The van der Waals surface area contributed by atoms with Crippen LogP contribution < -0.4 is 9.64 Å². The maximum atomic E-state index is 13.5. The number of amides is 1. The van der Waals surface area contributed by atoms with Crippen LogP contribution in [0, 0.1) is 5.82 Å². The number of anilines is 1. The minimum atomic E-state index is -4.65. The molecule has 2 heterocycles. The molecule has 184 valence electrons. The standard InChI is InChI=1S/C24H22F4N4O2S/c1-34-19-8-2-16(3-9-19)20-14-21(24(26,27)28)30-23(29-20)35-15-22(33)32-12-10-31(11-13-32)18-6-4-17(25)5-7-18/h2-9,14H,10-13,15H2,1H3. The first kappa shape index (κ1) is 24.8. The Morgan fingerprint density at radius 3 is 2.26 bits per heavy atom. The quantitative estimate of drug-likeness (QED) is 0.273. The molecule has 0 saturated carbocycles. The van der Waals surface area contributed by atoms with Crippen molar-refractivity contribution in [2.75, 3.05) is 43.9 Å². The fourth-order valence-electron chi connectivity index (χ4n) is 3.63. The maximum Gasteiger partial charge on any atom is 0.433 e. The maximum absolute atomic E-state index is 13.5. The topological polar surface area (TPSA) is 58.6 Å². The number of nitrogens with zero attached hydrogens (tertiary/aromatic N) is 4. The molecule has 2 aromatic carbocycles. The number of carbonyl (C=O) groups excluding carboxylic acids is 1. The molecular weight excluding hydrogens is 484 g/mol. The first-order valence-electron chi connectivity index (χ1n) is 10.7. The van der Waals surface area contributed by atoms with E-state index in [0.29, 0.717) is 37.5 Å². The summed E-state index contributed by atoms with van der Waals surface area (Å²) in [5.74, 6) is -0.0363. The van der Waals surface area contributed by atoms with E-state index in [4.69, 9.17) is 4.74 Å². The van der Waals surface area contributed by atoms with Crippen molar-refractivity contribution in [1.82, 2.24) is 14.9 Å². The van der Waals surface area contributed by atoms with E-state index in [2.05, 4.69) is 9.97 Å². The number of hydrogen-bond acceptors (Lipinski definition) is 6. The van der Waals surface area contributed by atoms with E-state index < -0.39 is 11.9 Å². The lowest BCUT2D eigenvalue weighted by Gasteiger charge is -2.36. The van der Waals surface area contributed by atoms with Gasteiger partial charge in [-0.1, -0.05) is 11.8 Å². The number of ether oxygens (including phenoxy) is 1. The Bertz CT molecular complexity index is 1170. The molecule has 1 aliphatic rings. The summed E-state index contributed by atoms with van der Waals surface area (Å²) in [6.07, 6.45) is -4.65. The van der Waals surface area contributed by atoms with Gasteiger partial charge in [0.15, 0.2) is 5.16 Å². The van der Waals surface area contributed by atoms with Crippen molar-refractivity contribution >= 4 is 23.4 Å². The number of rotatable bonds is 6. The van der Waals surface area contributed by atoms with Crippen LogP contribution in [0.15, 0.2) is 59.8 Å². The second kappa shape index (κ2) is 10.5. The van der Waals surface area contributed by atoms with Gasteiger partial charge in [0, 0.05) is 37.4 Å². The Kier molecular flexibility index (Phi) is 7.44. The number of aromatic nitrogens is 2. The average molecular weight is 507 g/mol. The molecule has 0 spiro atoms. The van der Waals surface area contributed by atoms with Crippen molar-refractivity contribution in [3.63, 3.8) is 0 Å². The van der Waals surface area contributed by atoms with Gasteiger partial charge >= 0.3 is 6.18 Å². The number of hydrogen-bond donors (Lipinski definition) is 0. The fraction of sp³-hybridized carbons (Fsp3) is 0.292. The van der Waals surface area contributed by atoms with Gasteiger partial charge in [-0.3, -0.25) is 4.79 Å². The molecule has 3 aromatic rings. The molecule has 0 aliphatic carbocycles. The van der Waals surface area contributed by atoms with Crippen molar-refractivity contribution < 1.29 is 27.1 Å². The number of methoxy groups -OCH3 is 1. The highest BCUT2D eigenvalue weighted by molar-refractivity contribution is 7.99. The van der Waals surface area contributed by atoms with E-state index in [1.165, 1.54) is 19.2 Å². The molecule has 0 radical (unpaired) electrons. The SMILES string of the molecule is COc1ccc(-c2cc(C(F)(F)F)nc(SCC(=O)N3CCN(c4ccc(F)cc4)CC3)n2)cc1. The molecule has 11 heteroatoms. The van der Waals surface area contributed by atoms with E-state index in [1.54, 1.807) is 41.3 Å². The summed E-state index contributed by atoms with van der Waals surface area (Å²) >= 11 is 0.874. The van der Waals surface area contributed by atoms with Gasteiger partial charge in [-0.2, -0.15) is 13.2 Å². The molecule has 1 amide bonds. The zero-order valence-electron chi connectivity index (χ0n) is 18.8. The van der Waals surface area contributed by atoms with Crippen molar-refractivity contribution in [3.8, 4) is 17.0 Å². The zero-order chi connectivity index (χ0) is 25.0. The third kappa shape index (κ3) is 6.21. The number of benzene rings is 2. The van der Waals surface area contributed by atoms with Crippen molar-refractivity contribution in [2.45, 2.75) is 11.3 Å². The second-order valence-corrected chi connectivity index (χ2v) is 8.72. The number of piperazine rings is 1. The van der Waals surface area contributed by atoms with Gasteiger partial charge in [0.05, 0.1) is 18.6 Å². The van der Waals surface area contributed by atoms with Crippen LogP contribution in [0.5, 0.6) is 5.75 Å². The van der Waals surface area contributed by atoms with Gasteiger partial charge in [-0.05, 0) is 54.6 Å². The van der Waals surface area contributed by atoms with Crippen LogP contribution in [0.4, 0.5) is 23.2 Å². The monoisotopic (exact) mass is 506 g/mol. The lowest BCUT2D eigenvalue weighted by atomic mass is 10.1. The number of halogens is 4. The van der Waals surface area contributed by atoms with E-state index in [1.807, 2.05) is 4.90 Å². The van der Waals surface area contributed by atoms with Gasteiger partial charge in [0.25, 0.3) is 0 Å². The fourth-order valence-corrected chi connectivity index (χ4v) is 4.39. The van der Waals surface area contributed by atoms with E-state index in [0.717, 1.165) is 23.5 Å². The molecule has 0 unspecified atom stereocenters. The normalized spacial score (nSPS) is 14.2. The van der Waals surface area contributed by atoms with Crippen LogP contribution in [0.1, 0.15) is 5.69 Å². The highest BCUT2D eigenvalue weighted by atomic mass is 32.2. The molecule has 1 aliphatic heterocycles. The predicted molar refractivity (Wildman–Crippen MR) is 125 cm³/mol. The highest BCUT2D eigenvalue weighted by Gasteiger charge is 2.34. The summed E-state index contributed by atoms with van der Waals surface area (Å²) in [7, 11) is 1.50. The zero-order valence-corrected chi connectivity index (χ0v) is 19.6. The van der Waals surface area contributed by atoms with Crippen LogP contribution in [0.3, 0.4) is 0 Å². The molecule has 6 nitrogen and oxygen atoms in total. The second-order valence-electron chi connectivity index (χ2n) is 7.78. The molecule has 35 heavy (non-hydrogen) atoms. The Labute approximate surface area is 203 Å². The molecule has 1 saturated heterocycles. The molecule has 4 rings (SSSR count). The largest absolute Gasteiger partial charge is 0.497 e. The Balaban J connectivity index is 1.42. The van der Waals surface area contributed by atoms with Crippen LogP contribution >= 0.6 is 11.8 Å². The smallest absolute Gasteiger partial charge is 0.433 e. The highest BCUT2D eigenvalue weighted by Crippen LogP contribution is 2.32. The minimum Gasteiger partial charge on any atom is -0.497 e. The molecule has 1 aromatic heterocycles. The summed E-state index contributed by atoms with van der Waals surface area (Å²) in [6, 6.07) is 13.5. The summed E-state index contributed by atoms with van der Waals surface area (Å²) in [6.45, 7) is 2.06. The van der Waals surface area contributed by atoms with E-state index in [9.17, 15) is 22.4 Å². The van der Waals surface area contributed by atoms with Crippen LogP contribution in [-0.2, 0) is 11.0 Å². The average Bonchev–Trinajstić information content (AvgIpc) is 2.87. The summed E-state index contributed by atoms with van der Waals surface area (Å²) in [5, 5.41) is -0.121. The summed E-state index contributed by atoms with van der Waals surface area (Å²) in [4.78, 5) is 24.3. The number of carbonyl (C=O) groups is 1. The van der Waals surface area contributed by atoms with Gasteiger partial charge < -0.3 is 14.5 Å². The van der Waals surface area contributed by atoms with Gasteiger partial charge in [0.2, 0.25) is 5.91 Å². The van der Waals surface area contributed by atoms with Gasteiger partial charge in [-0.15, -0.1) is 0 Å². The van der Waals surface area contributed by atoms with Crippen molar-refractivity contribution in [1.29, 1.82) is 0 Å².